The Morgan fingerprint density at radius 2 is 1.95 bits per heavy atom. The highest BCUT2D eigenvalue weighted by Crippen LogP contribution is 2.33. The fraction of sp³-hybridized carbons (Fsp3) is 0.188. The van der Waals surface area contributed by atoms with Crippen molar-refractivity contribution in [2.24, 2.45) is 14.1 Å². The van der Waals surface area contributed by atoms with Gasteiger partial charge in [-0.05, 0) is 18.6 Å². The average Bonchev–Trinajstić information content (AvgIpc) is 2.98. The third-order valence-electron chi connectivity index (χ3n) is 4.13. The molecule has 0 amide bonds. The predicted molar refractivity (Wildman–Crippen MR) is 87.4 cm³/mol. The molecule has 3 aromatic heterocycles. The van der Waals surface area contributed by atoms with Crippen LogP contribution in [0, 0.1) is 6.92 Å². The van der Waals surface area contributed by atoms with E-state index in [4.69, 9.17) is 5.73 Å². The zero-order valence-electron chi connectivity index (χ0n) is 12.7. The third kappa shape index (κ3) is 1.64. The van der Waals surface area contributed by atoms with Gasteiger partial charge in [0.1, 0.15) is 17.8 Å². The summed E-state index contributed by atoms with van der Waals surface area (Å²) in [7, 11) is 3.92. The molecule has 110 valence electrons. The van der Waals surface area contributed by atoms with Gasteiger partial charge >= 0.3 is 0 Å². The van der Waals surface area contributed by atoms with Crippen LogP contribution in [-0.4, -0.2) is 24.3 Å². The van der Waals surface area contributed by atoms with E-state index in [0.717, 1.165) is 38.8 Å². The maximum atomic E-state index is 6.07. The van der Waals surface area contributed by atoms with Gasteiger partial charge in [0.25, 0.3) is 0 Å². The fourth-order valence-corrected chi connectivity index (χ4v) is 3.06. The number of fused-ring (bicyclic) bond motifs is 2. The van der Waals surface area contributed by atoms with E-state index < -0.39 is 0 Å². The molecule has 0 aliphatic rings. The molecule has 3 heterocycles. The lowest BCUT2D eigenvalue weighted by atomic mass is 10.0. The molecule has 6 heteroatoms. The molecule has 0 spiro atoms. The van der Waals surface area contributed by atoms with Crippen LogP contribution < -0.4 is 5.73 Å². The number of nitrogens with zero attached hydrogens (tertiary/aromatic N) is 5. The Morgan fingerprint density at radius 3 is 2.77 bits per heavy atom. The van der Waals surface area contributed by atoms with E-state index in [1.807, 2.05) is 36.5 Å². The molecule has 0 fully saturated rings. The Kier molecular flexibility index (Phi) is 2.51. The summed E-state index contributed by atoms with van der Waals surface area (Å²) in [6.07, 6.45) is 3.54. The van der Waals surface area contributed by atoms with Gasteiger partial charge in [-0.15, -0.1) is 0 Å². The van der Waals surface area contributed by atoms with E-state index in [0.29, 0.717) is 5.82 Å². The molecular formula is C16H16N6. The van der Waals surface area contributed by atoms with Gasteiger partial charge in [-0.2, -0.15) is 5.10 Å². The number of nitrogens with two attached hydrogens (primary N) is 1. The minimum atomic E-state index is 0.502. The largest absolute Gasteiger partial charge is 0.383 e. The molecule has 22 heavy (non-hydrogen) atoms. The molecule has 0 unspecified atom stereocenters. The van der Waals surface area contributed by atoms with E-state index in [1.54, 1.807) is 0 Å². The van der Waals surface area contributed by atoms with Crippen molar-refractivity contribution in [1.29, 1.82) is 0 Å². The van der Waals surface area contributed by atoms with Crippen molar-refractivity contribution in [3.05, 3.63) is 36.4 Å². The highest BCUT2D eigenvalue weighted by Gasteiger charge is 2.14. The number of rotatable bonds is 1. The number of aromatic nitrogens is 5. The summed E-state index contributed by atoms with van der Waals surface area (Å²) < 4.78 is 3.88. The van der Waals surface area contributed by atoms with Crippen molar-refractivity contribution >= 4 is 27.8 Å². The number of hydrogen-bond acceptors (Lipinski definition) is 4. The quantitative estimate of drug-likeness (QED) is 0.584. The summed E-state index contributed by atoms with van der Waals surface area (Å²) in [5, 5.41) is 6.53. The van der Waals surface area contributed by atoms with Gasteiger partial charge in [0, 0.05) is 31.2 Å². The number of aryl methyl sites for hydroxylation is 3. The lowest BCUT2D eigenvalue weighted by Crippen LogP contribution is -1.94. The van der Waals surface area contributed by atoms with Crippen molar-refractivity contribution < 1.29 is 0 Å². The summed E-state index contributed by atoms with van der Waals surface area (Å²) >= 11 is 0. The number of nitrogen functional groups attached to an aromatic ring is 1. The molecule has 4 rings (SSSR count). The Morgan fingerprint density at radius 1 is 1.14 bits per heavy atom. The van der Waals surface area contributed by atoms with Crippen LogP contribution in [0.4, 0.5) is 5.82 Å². The monoisotopic (exact) mass is 292 g/mol. The summed E-state index contributed by atoms with van der Waals surface area (Å²) in [5.74, 6) is 0.502. The summed E-state index contributed by atoms with van der Waals surface area (Å²) in [5.41, 5.74) is 11.2. The van der Waals surface area contributed by atoms with Gasteiger partial charge in [0.15, 0.2) is 0 Å². The molecule has 2 N–H and O–H groups in total. The smallest absolute Gasteiger partial charge is 0.145 e. The van der Waals surface area contributed by atoms with Crippen LogP contribution in [0.2, 0.25) is 0 Å². The fourth-order valence-electron chi connectivity index (χ4n) is 3.06. The second kappa shape index (κ2) is 4.30. The standard InChI is InChI=1S/C16H16N6/c1-9-11-5-4-10(6-13(11)22(3)20-9)12-7-21(2)16-14(12)15(17)18-8-19-16/h4-8H,1-3H3,(H2,17,18,19). The van der Waals surface area contributed by atoms with Crippen molar-refractivity contribution in [2.45, 2.75) is 6.92 Å². The van der Waals surface area contributed by atoms with Crippen LogP contribution in [0.3, 0.4) is 0 Å². The van der Waals surface area contributed by atoms with Crippen LogP contribution in [0.5, 0.6) is 0 Å². The van der Waals surface area contributed by atoms with Crippen LogP contribution in [0.15, 0.2) is 30.7 Å². The van der Waals surface area contributed by atoms with Gasteiger partial charge in [0.2, 0.25) is 0 Å². The second-order valence-corrected chi connectivity index (χ2v) is 5.55. The highest BCUT2D eigenvalue weighted by atomic mass is 15.3. The van der Waals surface area contributed by atoms with E-state index in [1.165, 1.54) is 6.33 Å². The Balaban J connectivity index is 2.05. The number of benzene rings is 1. The maximum Gasteiger partial charge on any atom is 0.145 e. The summed E-state index contributed by atoms with van der Waals surface area (Å²) in [6, 6.07) is 6.33. The molecular weight excluding hydrogens is 276 g/mol. The normalized spacial score (nSPS) is 11.6. The Bertz CT molecular complexity index is 1020. The van der Waals surface area contributed by atoms with Crippen LogP contribution in [0.25, 0.3) is 33.1 Å². The first-order valence-electron chi connectivity index (χ1n) is 7.05. The van der Waals surface area contributed by atoms with Crippen molar-refractivity contribution in [2.75, 3.05) is 5.73 Å². The van der Waals surface area contributed by atoms with Gasteiger partial charge in [-0.3, -0.25) is 4.68 Å². The van der Waals surface area contributed by atoms with Crippen LogP contribution in [-0.2, 0) is 14.1 Å². The van der Waals surface area contributed by atoms with Crippen LogP contribution >= 0.6 is 0 Å². The molecule has 0 aliphatic heterocycles. The molecule has 6 nitrogen and oxygen atoms in total. The molecule has 1 aromatic carbocycles. The molecule has 0 saturated carbocycles. The Labute approximate surface area is 127 Å². The molecule has 0 radical (unpaired) electrons. The first-order chi connectivity index (χ1) is 10.6. The zero-order chi connectivity index (χ0) is 15.4. The summed E-state index contributed by atoms with van der Waals surface area (Å²) in [6.45, 7) is 2.02. The Hall–Kier alpha value is -2.89. The van der Waals surface area contributed by atoms with Crippen molar-refractivity contribution in [3.8, 4) is 11.1 Å². The zero-order valence-corrected chi connectivity index (χ0v) is 12.7. The second-order valence-electron chi connectivity index (χ2n) is 5.55. The highest BCUT2D eigenvalue weighted by molar-refractivity contribution is 6.02. The lowest BCUT2D eigenvalue weighted by molar-refractivity contribution is 0.783. The third-order valence-corrected chi connectivity index (χ3v) is 4.13. The van der Waals surface area contributed by atoms with E-state index in [-0.39, 0.29) is 0 Å². The maximum absolute atomic E-state index is 6.07. The van der Waals surface area contributed by atoms with Crippen molar-refractivity contribution in [3.63, 3.8) is 0 Å². The number of hydrogen-bond donors (Lipinski definition) is 1. The number of anilines is 1. The average molecular weight is 292 g/mol. The van der Waals surface area contributed by atoms with E-state index >= 15 is 0 Å². The van der Waals surface area contributed by atoms with E-state index in [9.17, 15) is 0 Å². The SMILES string of the molecule is Cc1nn(C)c2cc(-c3cn(C)c4ncnc(N)c34)ccc12. The van der Waals surface area contributed by atoms with Gasteiger partial charge in [-0.25, -0.2) is 9.97 Å². The first kappa shape index (κ1) is 12.8. The molecule has 0 saturated heterocycles. The first-order valence-corrected chi connectivity index (χ1v) is 7.05. The van der Waals surface area contributed by atoms with Gasteiger partial charge < -0.3 is 10.3 Å². The topological polar surface area (TPSA) is 74.5 Å². The summed E-state index contributed by atoms with van der Waals surface area (Å²) in [4.78, 5) is 8.45. The molecule has 4 aromatic rings. The minimum absolute atomic E-state index is 0.502. The van der Waals surface area contributed by atoms with Crippen molar-refractivity contribution in [1.82, 2.24) is 24.3 Å². The molecule has 0 aliphatic carbocycles. The van der Waals surface area contributed by atoms with E-state index in [2.05, 4.69) is 33.3 Å². The molecule has 0 bridgehead atoms. The molecule has 0 atom stereocenters. The van der Waals surface area contributed by atoms with Gasteiger partial charge in [-0.1, -0.05) is 12.1 Å². The van der Waals surface area contributed by atoms with Gasteiger partial charge in [0.05, 0.1) is 16.6 Å². The predicted octanol–water partition coefficient (Wildman–Crippen LogP) is 2.41. The lowest BCUT2D eigenvalue weighted by Gasteiger charge is -2.03. The minimum Gasteiger partial charge on any atom is -0.383 e. The van der Waals surface area contributed by atoms with Crippen LogP contribution in [0.1, 0.15) is 5.69 Å².